The van der Waals surface area contributed by atoms with Gasteiger partial charge in [-0.15, -0.1) is 0 Å². The first kappa shape index (κ1) is 96.9. The third kappa shape index (κ3) is 73.3. The number of hydrogen-bond donors (Lipinski definition) is 3. The van der Waals surface area contributed by atoms with Gasteiger partial charge < -0.3 is 33.8 Å². The summed E-state index contributed by atoms with van der Waals surface area (Å²) in [6.45, 7) is 4.47. The lowest BCUT2D eigenvalue weighted by Crippen LogP contribution is -2.30. The number of ether oxygens (including phenoxy) is 4. The fourth-order valence-electron chi connectivity index (χ4n) is 9.85. The topological polar surface area (TPSA) is 237 Å². The number of rotatable bonds is 72. The lowest BCUT2D eigenvalue weighted by Gasteiger charge is -2.21. The van der Waals surface area contributed by atoms with Gasteiger partial charge in [0.1, 0.15) is 19.3 Å². The van der Waals surface area contributed by atoms with Gasteiger partial charge >= 0.3 is 39.5 Å². The third-order valence-electron chi connectivity index (χ3n) is 15.8. The molecule has 0 aliphatic rings. The zero-order chi connectivity index (χ0) is 74.6. The Bertz CT molecular complexity index is 2510. The van der Waals surface area contributed by atoms with E-state index in [9.17, 15) is 43.2 Å². The summed E-state index contributed by atoms with van der Waals surface area (Å²) in [7, 11) is -9.99. The largest absolute Gasteiger partial charge is 0.472 e. The van der Waals surface area contributed by atoms with Crippen LogP contribution in [0.25, 0.3) is 0 Å². The highest BCUT2D eigenvalue weighted by Crippen LogP contribution is 2.45. The smallest absolute Gasteiger partial charge is 0.462 e. The van der Waals surface area contributed by atoms with Crippen LogP contribution in [0.4, 0.5) is 0 Å². The number of carbonyl (C=O) groups is 4. The number of esters is 4. The number of allylic oxidation sites excluding steroid dienone is 24. The Balaban J connectivity index is 5.43. The number of unbranched alkanes of at least 4 members (excludes halogenated alkanes) is 22. The molecule has 0 aromatic carbocycles. The van der Waals surface area contributed by atoms with Crippen LogP contribution in [0.2, 0.25) is 0 Å². The molecule has 0 saturated heterocycles. The number of phosphoric acid groups is 2. The van der Waals surface area contributed by atoms with Crippen molar-refractivity contribution in [1.82, 2.24) is 0 Å². The molecule has 0 rings (SSSR count). The van der Waals surface area contributed by atoms with Crippen LogP contribution in [0.3, 0.4) is 0 Å². The zero-order valence-corrected chi connectivity index (χ0v) is 65.3. The van der Waals surface area contributed by atoms with Crippen molar-refractivity contribution in [1.29, 1.82) is 0 Å². The molecule has 17 nitrogen and oxygen atoms in total. The minimum absolute atomic E-state index is 0.0346. The van der Waals surface area contributed by atoms with Gasteiger partial charge in [0.05, 0.1) is 26.4 Å². The Morgan fingerprint density at radius 3 is 0.833 bits per heavy atom. The summed E-state index contributed by atoms with van der Waals surface area (Å²) in [6.07, 6.45) is 84.1. The standard InChI is InChI=1S/C83H138O17P2/c1-5-9-13-17-21-25-29-33-36-37-38-39-42-45-48-52-56-60-64-68-81(86)94-74-79(100-83(88)70-66-62-58-54-50-46-41-35-31-27-23-19-15-11-7-3)76-98-102(91,92)96-72-77(84)71-95-101(89,90)97-75-78(99-82(87)69-65-61-57-53-49-43-32-28-24-20-16-12-8-4)73-93-80(85)67-63-59-55-51-47-44-40-34-30-26-22-18-14-10-6-2/h10-11,14-15,21-23,25-28,32-36,38-41,47,50-51,54,77-79,84H,5-9,12-13,16-20,24,29-31,37,42-46,48-49,52-53,55-76H2,1-4H3,(H,89,90)(H,91,92)/b14-10-,15-11-,25-21-,26-22-,27-23-,32-28-,36-33-,39-38-,40-34-,41-35-,51-47-,54-50-. The zero-order valence-electron chi connectivity index (χ0n) is 63.5. The van der Waals surface area contributed by atoms with Gasteiger partial charge in [-0.1, -0.05) is 251 Å². The summed E-state index contributed by atoms with van der Waals surface area (Å²) in [6, 6.07) is 0. The van der Waals surface area contributed by atoms with E-state index in [-0.39, 0.29) is 25.7 Å². The Hall–Kier alpha value is -5.06. The molecule has 19 heteroatoms. The van der Waals surface area contributed by atoms with Crippen LogP contribution in [0, 0.1) is 0 Å². The first-order valence-corrected chi connectivity index (χ1v) is 42.1. The van der Waals surface area contributed by atoms with E-state index < -0.39 is 97.5 Å². The van der Waals surface area contributed by atoms with E-state index in [0.717, 1.165) is 167 Å². The number of aliphatic hydroxyl groups excluding tert-OH is 1. The van der Waals surface area contributed by atoms with E-state index in [4.69, 9.17) is 37.0 Å². The average Bonchev–Trinajstić information content (AvgIpc) is 0.909. The van der Waals surface area contributed by atoms with Crippen LogP contribution >= 0.6 is 15.6 Å². The molecule has 0 heterocycles. The quantitative estimate of drug-likeness (QED) is 0.0169. The first-order chi connectivity index (χ1) is 49.7. The molecule has 582 valence electrons. The van der Waals surface area contributed by atoms with Gasteiger partial charge in [0.2, 0.25) is 0 Å². The number of hydrogen-bond acceptors (Lipinski definition) is 15. The number of phosphoric ester groups is 2. The first-order valence-electron chi connectivity index (χ1n) is 39.1. The van der Waals surface area contributed by atoms with Crippen molar-refractivity contribution in [3.63, 3.8) is 0 Å². The Morgan fingerprint density at radius 2 is 0.510 bits per heavy atom. The fourth-order valence-corrected chi connectivity index (χ4v) is 11.4. The predicted molar refractivity (Wildman–Crippen MR) is 417 cm³/mol. The summed E-state index contributed by atoms with van der Waals surface area (Å²) in [5.41, 5.74) is 0. The van der Waals surface area contributed by atoms with Crippen LogP contribution in [-0.2, 0) is 65.4 Å². The third-order valence-corrected chi connectivity index (χ3v) is 17.7. The molecule has 5 unspecified atom stereocenters. The molecule has 0 aromatic rings. The molecule has 3 N–H and O–H groups in total. The molecular formula is C83H138O17P2. The molecule has 0 aromatic heterocycles. The monoisotopic (exact) mass is 1470 g/mol. The maximum atomic E-state index is 13.1. The van der Waals surface area contributed by atoms with Crippen molar-refractivity contribution in [2.45, 2.75) is 316 Å². The van der Waals surface area contributed by atoms with Gasteiger partial charge in [0.15, 0.2) is 12.2 Å². The summed E-state index contributed by atoms with van der Waals surface area (Å²) in [4.78, 5) is 72.9. The van der Waals surface area contributed by atoms with Crippen molar-refractivity contribution in [2.75, 3.05) is 39.6 Å². The minimum Gasteiger partial charge on any atom is -0.462 e. The van der Waals surface area contributed by atoms with Gasteiger partial charge in [0.25, 0.3) is 0 Å². The lowest BCUT2D eigenvalue weighted by atomic mass is 10.1. The van der Waals surface area contributed by atoms with Crippen LogP contribution in [0.15, 0.2) is 146 Å². The van der Waals surface area contributed by atoms with Gasteiger partial charge in [0, 0.05) is 25.7 Å². The Kier molecular flexibility index (Phi) is 70.5. The normalized spacial score (nSPS) is 14.7. The Labute approximate surface area is 617 Å². The van der Waals surface area contributed by atoms with Crippen molar-refractivity contribution in [2.24, 2.45) is 0 Å². The van der Waals surface area contributed by atoms with E-state index in [1.54, 1.807) is 0 Å². The second-order valence-corrected chi connectivity index (χ2v) is 28.4. The fraction of sp³-hybridized carbons (Fsp3) is 0.663. The molecule has 0 amide bonds. The van der Waals surface area contributed by atoms with E-state index >= 15 is 0 Å². The van der Waals surface area contributed by atoms with Crippen molar-refractivity contribution >= 4 is 39.5 Å². The molecule has 102 heavy (non-hydrogen) atoms. The predicted octanol–water partition coefficient (Wildman–Crippen LogP) is 22.7. The second kappa shape index (κ2) is 74.2. The molecule has 0 spiro atoms. The summed E-state index contributed by atoms with van der Waals surface area (Å²) < 4.78 is 68.4. The van der Waals surface area contributed by atoms with Gasteiger partial charge in [-0.05, 0) is 167 Å². The summed E-state index contributed by atoms with van der Waals surface area (Å²) >= 11 is 0. The number of carbonyl (C=O) groups excluding carboxylic acids is 4. The van der Waals surface area contributed by atoms with Crippen LogP contribution in [-0.4, -0.2) is 96.7 Å². The Morgan fingerprint density at radius 1 is 0.284 bits per heavy atom. The van der Waals surface area contributed by atoms with E-state index in [2.05, 4.69) is 174 Å². The van der Waals surface area contributed by atoms with Gasteiger partial charge in [-0.25, -0.2) is 9.13 Å². The highest BCUT2D eigenvalue weighted by molar-refractivity contribution is 7.47. The highest BCUT2D eigenvalue weighted by atomic mass is 31.2. The van der Waals surface area contributed by atoms with Crippen molar-refractivity contribution in [3.05, 3.63) is 146 Å². The van der Waals surface area contributed by atoms with E-state index in [1.165, 1.54) is 44.9 Å². The van der Waals surface area contributed by atoms with Crippen LogP contribution in [0.1, 0.15) is 297 Å². The van der Waals surface area contributed by atoms with E-state index in [0.29, 0.717) is 32.1 Å². The van der Waals surface area contributed by atoms with Crippen molar-refractivity contribution in [3.8, 4) is 0 Å². The molecule has 0 radical (unpaired) electrons. The molecular weight excluding hydrogens is 1330 g/mol. The van der Waals surface area contributed by atoms with Crippen LogP contribution < -0.4 is 0 Å². The summed E-state index contributed by atoms with van der Waals surface area (Å²) in [5.74, 6) is -2.30. The highest BCUT2D eigenvalue weighted by Gasteiger charge is 2.30. The SMILES string of the molecule is CC/C=C\C/C=C\C/C=C\C/C=C\CCCCC(=O)OCC(COP(=O)(O)OCC(O)COP(=O)(O)OCC(COC(=O)CCCCCCCC/C=C\C/C=C\C/C=C\CCCCC)OC(=O)CCCC/C=C\C/C=C\C/C=C\C/C=C\CC)OC(=O)CCCCCCC/C=C\CCCCCC. The molecule has 0 bridgehead atoms. The maximum absolute atomic E-state index is 13.1. The lowest BCUT2D eigenvalue weighted by molar-refractivity contribution is -0.161. The van der Waals surface area contributed by atoms with Gasteiger partial charge in [-0.3, -0.25) is 37.3 Å². The minimum atomic E-state index is -5.00. The molecule has 0 aliphatic heterocycles. The van der Waals surface area contributed by atoms with E-state index in [1.807, 2.05) is 0 Å². The maximum Gasteiger partial charge on any atom is 0.472 e. The van der Waals surface area contributed by atoms with Crippen LogP contribution in [0.5, 0.6) is 0 Å². The second-order valence-electron chi connectivity index (χ2n) is 25.5. The van der Waals surface area contributed by atoms with Crippen molar-refractivity contribution < 1.29 is 80.2 Å². The van der Waals surface area contributed by atoms with Gasteiger partial charge in [-0.2, -0.15) is 0 Å². The molecule has 0 aliphatic carbocycles. The molecule has 5 atom stereocenters. The average molecular weight is 1470 g/mol. The molecule has 0 saturated carbocycles. The summed E-state index contributed by atoms with van der Waals surface area (Å²) in [5, 5.41) is 10.6. The number of aliphatic hydroxyl groups is 1. The molecule has 0 fully saturated rings.